The number of benzene rings is 2. The van der Waals surface area contributed by atoms with Crippen LogP contribution >= 0.6 is 11.3 Å². The molecule has 28 heavy (non-hydrogen) atoms. The summed E-state index contributed by atoms with van der Waals surface area (Å²) in [4.78, 5) is 19.0. The van der Waals surface area contributed by atoms with Crippen molar-refractivity contribution in [2.24, 2.45) is 0 Å². The van der Waals surface area contributed by atoms with Crippen molar-refractivity contribution >= 4 is 27.9 Å². The molecule has 5 nitrogen and oxygen atoms in total. The van der Waals surface area contributed by atoms with Crippen molar-refractivity contribution in [1.82, 2.24) is 9.38 Å². The number of carbonyl (C=O) groups is 1. The summed E-state index contributed by atoms with van der Waals surface area (Å²) in [5.41, 5.74) is 5.77. The highest BCUT2D eigenvalue weighted by Gasteiger charge is 2.19. The molecule has 0 aliphatic rings. The number of carbonyl (C=O) groups excluding carboxylic acids is 1. The van der Waals surface area contributed by atoms with Crippen LogP contribution in [0.1, 0.15) is 26.5 Å². The molecule has 6 heteroatoms. The van der Waals surface area contributed by atoms with Gasteiger partial charge in [0.25, 0.3) is 5.91 Å². The number of nitrogens with zero attached hydrogens (tertiary/aromatic N) is 2. The second-order valence-electron chi connectivity index (χ2n) is 6.80. The van der Waals surface area contributed by atoms with Gasteiger partial charge in [-0.15, -0.1) is 0 Å². The summed E-state index contributed by atoms with van der Waals surface area (Å²) in [5.74, 6) is 0.707. The van der Waals surface area contributed by atoms with Crippen LogP contribution in [0.4, 0.5) is 5.69 Å². The first-order valence-electron chi connectivity index (χ1n) is 8.98. The largest absolute Gasteiger partial charge is 0.497 e. The molecule has 0 spiro atoms. The van der Waals surface area contributed by atoms with E-state index in [0.29, 0.717) is 4.88 Å². The summed E-state index contributed by atoms with van der Waals surface area (Å²) in [6, 6.07) is 13.8. The molecule has 4 rings (SSSR count). The Kier molecular flexibility index (Phi) is 4.65. The van der Waals surface area contributed by atoms with Crippen molar-refractivity contribution in [3.63, 3.8) is 0 Å². The maximum Gasteiger partial charge on any atom is 0.267 e. The van der Waals surface area contributed by atoms with Gasteiger partial charge in [-0.1, -0.05) is 23.5 Å². The van der Waals surface area contributed by atoms with Crippen LogP contribution in [0.3, 0.4) is 0 Å². The average molecular weight is 391 g/mol. The zero-order valence-corrected chi connectivity index (χ0v) is 17.1. The molecule has 0 saturated heterocycles. The highest BCUT2D eigenvalue weighted by molar-refractivity contribution is 7.19. The Bertz CT molecular complexity index is 1170. The van der Waals surface area contributed by atoms with E-state index in [9.17, 15) is 4.79 Å². The number of methoxy groups -OCH3 is 1. The van der Waals surface area contributed by atoms with Gasteiger partial charge in [0.05, 0.1) is 12.8 Å². The van der Waals surface area contributed by atoms with Crippen LogP contribution in [-0.4, -0.2) is 22.4 Å². The summed E-state index contributed by atoms with van der Waals surface area (Å²) in [6.07, 6.45) is 1.97. The molecule has 1 N–H and O–H groups in total. The van der Waals surface area contributed by atoms with Crippen molar-refractivity contribution in [1.29, 1.82) is 0 Å². The fraction of sp³-hybridized carbons (Fsp3) is 0.182. The quantitative estimate of drug-likeness (QED) is 0.517. The van der Waals surface area contributed by atoms with Gasteiger partial charge < -0.3 is 10.1 Å². The summed E-state index contributed by atoms with van der Waals surface area (Å²) >= 11 is 1.40. The number of aromatic nitrogens is 2. The van der Waals surface area contributed by atoms with Crippen LogP contribution in [0.5, 0.6) is 5.75 Å². The van der Waals surface area contributed by atoms with Crippen molar-refractivity contribution < 1.29 is 9.53 Å². The Labute approximate surface area is 167 Å². The Morgan fingerprint density at radius 3 is 2.54 bits per heavy atom. The molecule has 0 fully saturated rings. The Morgan fingerprint density at radius 2 is 1.86 bits per heavy atom. The Hall–Kier alpha value is -3.12. The molecule has 0 bridgehead atoms. The first-order chi connectivity index (χ1) is 13.5. The standard InChI is InChI=1S/C22H21N3O2S/c1-13-5-6-14(2)18(11-13)23-21(26)20-15(3)25-12-19(24-22(25)28-20)16-7-9-17(27-4)10-8-16/h5-12H,1-4H3,(H,23,26). The van der Waals surface area contributed by atoms with Crippen molar-refractivity contribution in [3.05, 3.63) is 70.4 Å². The number of thiazole rings is 1. The van der Waals surface area contributed by atoms with E-state index in [1.54, 1.807) is 7.11 Å². The number of nitrogens with one attached hydrogen (secondary N) is 1. The van der Waals surface area contributed by atoms with Crippen molar-refractivity contribution in [2.45, 2.75) is 20.8 Å². The minimum atomic E-state index is -0.104. The van der Waals surface area contributed by atoms with E-state index in [0.717, 1.165) is 44.5 Å². The van der Waals surface area contributed by atoms with Gasteiger partial charge in [-0.25, -0.2) is 4.98 Å². The number of hydrogen-bond acceptors (Lipinski definition) is 4. The topological polar surface area (TPSA) is 55.6 Å². The number of aryl methyl sites for hydroxylation is 3. The second kappa shape index (κ2) is 7.13. The second-order valence-corrected chi connectivity index (χ2v) is 7.77. The molecule has 0 saturated carbocycles. The third-order valence-corrected chi connectivity index (χ3v) is 5.95. The van der Waals surface area contributed by atoms with Crippen LogP contribution in [0.25, 0.3) is 16.2 Å². The third kappa shape index (κ3) is 3.27. The molecular weight excluding hydrogens is 370 g/mol. The molecule has 2 heterocycles. The zero-order valence-electron chi connectivity index (χ0n) is 16.2. The monoisotopic (exact) mass is 391 g/mol. The molecule has 2 aromatic carbocycles. The first kappa shape index (κ1) is 18.3. The summed E-state index contributed by atoms with van der Waals surface area (Å²) in [6.45, 7) is 5.95. The molecule has 0 atom stereocenters. The highest BCUT2D eigenvalue weighted by atomic mass is 32.1. The summed E-state index contributed by atoms with van der Waals surface area (Å²) < 4.78 is 7.18. The van der Waals surface area contributed by atoms with Gasteiger partial charge in [-0.3, -0.25) is 9.20 Å². The van der Waals surface area contributed by atoms with Gasteiger partial charge in [-0.05, 0) is 62.2 Å². The lowest BCUT2D eigenvalue weighted by Crippen LogP contribution is -2.13. The first-order valence-corrected chi connectivity index (χ1v) is 9.79. The fourth-order valence-corrected chi connectivity index (χ4v) is 4.12. The number of imidazole rings is 1. The number of hydrogen-bond donors (Lipinski definition) is 1. The molecule has 1 amide bonds. The maximum atomic E-state index is 12.8. The van der Waals surface area contributed by atoms with Crippen LogP contribution in [0, 0.1) is 20.8 Å². The molecule has 142 valence electrons. The van der Waals surface area contributed by atoms with E-state index in [1.807, 2.05) is 73.8 Å². The molecule has 4 aromatic rings. The maximum absolute atomic E-state index is 12.8. The highest BCUT2D eigenvalue weighted by Crippen LogP contribution is 2.29. The molecular formula is C22H21N3O2S. The molecule has 0 radical (unpaired) electrons. The van der Waals surface area contributed by atoms with Gasteiger partial charge in [-0.2, -0.15) is 0 Å². The Morgan fingerprint density at radius 1 is 1.11 bits per heavy atom. The van der Waals surface area contributed by atoms with E-state index < -0.39 is 0 Å². The summed E-state index contributed by atoms with van der Waals surface area (Å²) in [7, 11) is 1.65. The van der Waals surface area contributed by atoms with E-state index in [1.165, 1.54) is 11.3 Å². The number of ether oxygens (including phenoxy) is 1. The number of anilines is 1. The lowest BCUT2D eigenvalue weighted by Gasteiger charge is -2.08. The minimum absolute atomic E-state index is 0.104. The lowest BCUT2D eigenvalue weighted by molar-refractivity contribution is 0.102. The average Bonchev–Trinajstić information content (AvgIpc) is 3.24. The van der Waals surface area contributed by atoms with Crippen LogP contribution < -0.4 is 10.1 Å². The molecule has 0 aliphatic carbocycles. The van der Waals surface area contributed by atoms with E-state index in [-0.39, 0.29) is 5.91 Å². The predicted molar refractivity (Wildman–Crippen MR) is 114 cm³/mol. The van der Waals surface area contributed by atoms with Crippen LogP contribution in [0.2, 0.25) is 0 Å². The number of fused-ring (bicyclic) bond motifs is 1. The van der Waals surface area contributed by atoms with Crippen LogP contribution in [-0.2, 0) is 0 Å². The fourth-order valence-electron chi connectivity index (χ4n) is 3.11. The Balaban J connectivity index is 1.64. The van der Waals surface area contributed by atoms with E-state index in [4.69, 9.17) is 9.72 Å². The number of amides is 1. The predicted octanol–water partition coefficient (Wildman–Crippen LogP) is 5.25. The lowest BCUT2D eigenvalue weighted by atomic mass is 10.1. The molecule has 0 aliphatic heterocycles. The van der Waals surface area contributed by atoms with Gasteiger partial charge in [0.15, 0.2) is 4.96 Å². The third-order valence-electron chi connectivity index (χ3n) is 4.79. The van der Waals surface area contributed by atoms with Gasteiger partial charge in [0.1, 0.15) is 10.6 Å². The SMILES string of the molecule is COc1ccc(-c2cn3c(C)c(C(=O)Nc4cc(C)ccc4C)sc3n2)cc1. The zero-order chi connectivity index (χ0) is 19.8. The smallest absolute Gasteiger partial charge is 0.267 e. The van der Waals surface area contributed by atoms with Gasteiger partial charge in [0, 0.05) is 23.1 Å². The molecule has 2 aromatic heterocycles. The minimum Gasteiger partial charge on any atom is -0.497 e. The van der Waals surface area contributed by atoms with E-state index in [2.05, 4.69) is 5.32 Å². The van der Waals surface area contributed by atoms with Crippen molar-refractivity contribution in [2.75, 3.05) is 12.4 Å². The van der Waals surface area contributed by atoms with Crippen LogP contribution in [0.15, 0.2) is 48.7 Å². The van der Waals surface area contributed by atoms with Crippen molar-refractivity contribution in [3.8, 4) is 17.0 Å². The summed E-state index contributed by atoms with van der Waals surface area (Å²) in [5, 5.41) is 3.03. The van der Waals surface area contributed by atoms with Gasteiger partial charge in [0.2, 0.25) is 0 Å². The van der Waals surface area contributed by atoms with E-state index >= 15 is 0 Å². The van der Waals surface area contributed by atoms with Gasteiger partial charge >= 0.3 is 0 Å². The normalized spacial score (nSPS) is 11.0. The number of rotatable bonds is 4. The molecule has 0 unspecified atom stereocenters.